The zero-order valence-electron chi connectivity index (χ0n) is 23.7. The van der Waals surface area contributed by atoms with Crippen LogP contribution in [0.2, 0.25) is 22.1 Å². The van der Waals surface area contributed by atoms with Crippen molar-refractivity contribution < 1.29 is 0 Å². The van der Waals surface area contributed by atoms with Crippen LogP contribution in [-0.4, -0.2) is 41.2 Å². The molecular weight excluding hydrogens is 699 g/mol. The molecule has 0 aliphatic rings. The van der Waals surface area contributed by atoms with Gasteiger partial charge in [-0.2, -0.15) is 0 Å². The van der Waals surface area contributed by atoms with Crippen molar-refractivity contribution in [3.63, 3.8) is 0 Å². The third-order valence-electron chi connectivity index (χ3n) is 6.40. The quantitative estimate of drug-likeness (QED) is 0.187. The molecule has 0 aliphatic carbocycles. The fraction of sp³-hybridized carbons (Fsp3) is 0.655. The van der Waals surface area contributed by atoms with Gasteiger partial charge >= 0.3 is 230 Å². The molecule has 2 aromatic rings. The van der Waals surface area contributed by atoms with Crippen molar-refractivity contribution in [2.24, 2.45) is 0 Å². The first-order valence-electron chi connectivity index (χ1n) is 13.9. The van der Waals surface area contributed by atoms with Crippen LogP contribution in [0, 0.1) is 11.3 Å². The van der Waals surface area contributed by atoms with Gasteiger partial charge in [-0.05, 0) is 0 Å². The van der Waals surface area contributed by atoms with Crippen LogP contribution >= 0.6 is 34.3 Å². The van der Waals surface area contributed by atoms with Crippen molar-refractivity contribution >= 4 is 81.2 Å². The Labute approximate surface area is 241 Å². The summed E-state index contributed by atoms with van der Waals surface area (Å²) in [6.45, 7) is 17.9. The summed E-state index contributed by atoms with van der Waals surface area (Å²) in [5, 5.41) is 9.04. The Kier molecular flexibility index (Phi) is 22.0. The van der Waals surface area contributed by atoms with Gasteiger partial charge in [-0.1, -0.05) is 13.8 Å². The van der Waals surface area contributed by atoms with Crippen LogP contribution in [-0.2, 0) is 0 Å². The van der Waals surface area contributed by atoms with Gasteiger partial charge in [0.2, 0.25) is 0 Å². The van der Waals surface area contributed by atoms with Gasteiger partial charge in [0.1, 0.15) is 0 Å². The molecular formula is C29H50ClNS2Sn2. The van der Waals surface area contributed by atoms with E-state index >= 15 is 0 Å². The van der Waals surface area contributed by atoms with E-state index in [1.807, 2.05) is 31.3 Å². The van der Waals surface area contributed by atoms with E-state index in [2.05, 4.69) is 65.8 Å². The van der Waals surface area contributed by atoms with Gasteiger partial charge < -0.3 is 0 Å². The van der Waals surface area contributed by atoms with Gasteiger partial charge in [-0.3, -0.25) is 0 Å². The van der Waals surface area contributed by atoms with Crippen molar-refractivity contribution in [2.75, 3.05) is 0 Å². The predicted octanol–water partition coefficient (Wildman–Crippen LogP) is 10.0. The standard InChI is InChI=1S/C5H2NS.C4H2ClS.2C4H9.C4H8.2C3H7.C2H6.2Sn/c6-4-5-2-1-3-7-5;5-4-2-1-3-6-4;3*1-3-4-2;2*1-3-2;1-2;;/h1-2H;1-2H;2*1,3-4H2,2H3;3H2,1-2H3;2*1,3H2,2H3;1-2H3;;. The Morgan fingerprint density at radius 3 is 1.94 bits per heavy atom. The van der Waals surface area contributed by atoms with Crippen LogP contribution in [0.4, 0.5) is 0 Å². The number of hydrogen-bond acceptors (Lipinski definition) is 3. The van der Waals surface area contributed by atoms with Gasteiger partial charge in [0.25, 0.3) is 0 Å². The van der Waals surface area contributed by atoms with Crippen molar-refractivity contribution in [2.45, 2.75) is 118 Å². The van der Waals surface area contributed by atoms with E-state index in [4.69, 9.17) is 16.9 Å². The number of rotatable bonds is 13. The molecule has 0 saturated heterocycles. The third kappa shape index (κ3) is 12.8. The molecule has 2 aromatic heterocycles. The Hall–Kier alpha value is 0.647. The maximum atomic E-state index is 9.04. The minimum absolute atomic E-state index is 0.912. The molecule has 0 fully saturated rings. The number of hydrogen-bond donors (Lipinski definition) is 0. The Morgan fingerprint density at radius 2 is 1.51 bits per heavy atom. The maximum absolute atomic E-state index is 9.04. The molecule has 35 heavy (non-hydrogen) atoms. The van der Waals surface area contributed by atoms with E-state index in [0.29, 0.717) is 0 Å². The average Bonchev–Trinajstić information content (AvgIpc) is 3.54. The fourth-order valence-corrected chi connectivity index (χ4v) is 36.5. The molecule has 0 spiro atoms. The summed E-state index contributed by atoms with van der Waals surface area (Å²) in [7, 11) is 0. The molecule has 0 amide bonds. The van der Waals surface area contributed by atoms with Crippen LogP contribution in [0.3, 0.4) is 0 Å². The molecule has 0 N–H and O–H groups in total. The second-order valence-corrected chi connectivity index (χ2v) is 35.1. The van der Waals surface area contributed by atoms with E-state index < -0.39 is 37.7 Å². The first kappa shape index (κ1) is 35.6. The molecule has 0 bridgehead atoms. The summed E-state index contributed by atoms with van der Waals surface area (Å²) in [6.07, 6.45) is 9.30. The zero-order chi connectivity index (χ0) is 26.7. The molecule has 0 aromatic carbocycles. The Bertz CT molecular complexity index is 873. The SMILES string of the molecule is CC.CCC[CH2][Sn](=[C](C)CC)[c]1ccc(Cl)s1.CCC[CH2][Sn]([CH2]CC)([CH2]CC)[c]1ccc(C#N)s1. The zero-order valence-corrected chi connectivity index (χ0v) is 31.8. The van der Waals surface area contributed by atoms with Crippen molar-refractivity contribution in [3.8, 4) is 6.07 Å². The van der Waals surface area contributed by atoms with E-state index in [9.17, 15) is 0 Å². The topological polar surface area (TPSA) is 23.8 Å². The van der Waals surface area contributed by atoms with Gasteiger partial charge in [-0.25, -0.2) is 0 Å². The second kappa shape index (κ2) is 21.6. The van der Waals surface area contributed by atoms with Crippen LogP contribution in [0.5, 0.6) is 0 Å². The third-order valence-corrected chi connectivity index (χ3v) is 38.6. The summed E-state index contributed by atoms with van der Waals surface area (Å²) < 4.78 is 11.9. The van der Waals surface area contributed by atoms with Gasteiger partial charge in [0, 0.05) is 0 Å². The van der Waals surface area contributed by atoms with E-state index in [0.717, 1.165) is 9.21 Å². The summed E-state index contributed by atoms with van der Waals surface area (Å²) in [6, 6.07) is 11.0. The number of thiophene rings is 2. The average molecular weight is 750 g/mol. The Morgan fingerprint density at radius 1 is 0.886 bits per heavy atom. The Balaban J connectivity index is 0.000000625. The number of nitrogens with zero attached hydrogens (tertiary/aromatic N) is 1. The van der Waals surface area contributed by atoms with Crippen molar-refractivity contribution in [1.82, 2.24) is 0 Å². The van der Waals surface area contributed by atoms with Gasteiger partial charge in [-0.15, -0.1) is 0 Å². The van der Waals surface area contributed by atoms with Gasteiger partial charge in [0.15, 0.2) is 0 Å². The normalized spacial score (nSPS) is 11.5. The fourth-order valence-electron chi connectivity index (χ4n) is 4.49. The van der Waals surface area contributed by atoms with Crippen molar-refractivity contribution in [3.05, 3.63) is 33.5 Å². The molecule has 1 nitrogen and oxygen atoms in total. The van der Waals surface area contributed by atoms with E-state index in [-0.39, 0.29) is 0 Å². The molecule has 2 heterocycles. The van der Waals surface area contributed by atoms with Crippen LogP contribution in [0.15, 0.2) is 24.3 Å². The van der Waals surface area contributed by atoms with Crippen LogP contribution < -0.4 is 5.79 Å². The molecule has 0 saturated carbocycles. The van der Waals surface area contributed by atoms with Crippen molar-refractivity contribution in [1.29, 1.82) is 5.26 Å². The molecule has 0 unspecified atom stereocenters. The molecule has 0 atom stereocenters. The van der Waals surface area contributed by atoms with E-state index in [1.165, 1.54) is 62.7 Å². The molecule has 0 radical (unpaired) electrons. The van der Waals surface area contributed by atoms with Crippen LogP contribution in [0.25, 0.3) is 0 Å². The summed E-state index contributed by atoms with van der Waals surface area (Å²) >= 11 is 6.04. The van der Waals surface area contributed by atoms with Gasteiger partial charge in [0.05, 0.1) is 0 Å². The summed E-state index contributed by atoms with van der Waals surface area (Å²) in [5.41, 5.74) is 0. The summed E-state index contributed by atoms with van der Waals surface area (Å²) in [5.74, 6) is 0. The first-order valence-corrected chi connectivity index (χ1v) is 28.2. The first-order chi connectivity index (χ1) is 16.9. The molecule has 0 aliphatic heterocycles. The molecule has 2 rings (SSSR count). The monoisotopic (exact) mass is 751 g/mol. The number of nitriles is 1. The predicted molar refractivity (Wildman–Crippen MR) is 171 cm³/mol. The number of unbranched alkanes of at least 4 members (excludes halogenated alkanes) is 2. The number of halogens is 1. The molecule has 6 heteroatoms. The minimum atomic E-state index is -2.17. The van der Waals surface area contributed by atoms with E-state index in [1.54, 1.807) is 20.6 Å². The summed E-state index contributed by atoms with van der Waals surface area (Å²) in [4.78, 5) is 0.912. The molecule has 198 valence electrons. The second-order valence-electron chi connectivity index (χ2n) is 8.98. The van der Waals surface area contributed by atoms with Crippen LogP contribution in [0.1, 0.15) is 105 Å².